The van der Waals surface area contributed by atoms with Gasteiger partial charge in [0.1, 0.15) is 5.75 Å². The number of nitrogens with zero attached hydrogens (tertiary/aromatic N) is 2. The molecule has 0 saturated carbocycles. The van der Waals surface area contributed by atoms with Gasteiger partial charge in [0.05, 0.1) is 41.6 Å². The number of rotatable bonds is 5. The Kier molecular flexibility index (Phi) is 4.87. The van der Waals surface area contributed by atoms with E-state index in [0.717, 1.165) is 21.1 Å². The Hall–Kier alpha value is -3.13. The standard InChI is InChI=1S/C20H19N3O4S/c1-26-13-7-8-16-17(9-13)28-20(22-16)23-10-12(11-23)18(24)21-15-6-4-3-5-14(15)19(25)27-2/h3-9,12H,10-11H2,1-2H3,(H,21,24). The number of carbonyl (C=O) groups excluding carboxylic acids is 2. The molecule has 0 radical (unpaired) electrons. The number of aromatic nitrogens is 1. The van der Waals surface area contributed by atoms with Crippen LogP contribution in [0.15, 0.2) is 42.5 Å². The van der Waals surface area contributed by atoms with Gasteiger partial charge in [0.2, 0.25) is 5.91 Å². The van der Waals surface area contributed by atoms with Crippen LogP contribution in [0.3, 0.4) is 0 Å². The highest BCUT2D eigenvalue weighted by Gasteiger charge is 2.34. The summed E-state index contributed by atoms with van der Waals surface area (Å²) in [7, 11) is 2.96. The smallest absolute Gasteiger partial charge is 0.339 e. The van der Waals surface area contributed by atoms with Gasteiger partial charge < -0.3 is 19.7 Å². The first-order valence-electron chi connectivity index (χ1n) is 8.77. The first-order valence-corrected chi connectivity index (χ1v) is 9.58. The lowest BCUT2D eigenvalue weighted by molar-refractivity contribution is -0.120. The molecule has 1 aliphatic rings. The lowest BCUT2D eigenvalue weighted by Crippen LogP contribution is -2.52. The Balaban J connectivity index is 1.41. The van der Waals surface area contributed by atoms with E-state index in [9.17, 15) is 9.59 Å². The minimum Gasteiger partial charge on any atom is -0.497 e. The summed E-state index contributed by atoms with van der Waals surface area (Å²) in [5, 5.41) is 3.73. The van der Waals surface area contributed by atoms with Crippen molar-refractivity contribution in [3.8, 4) is 5.75 Å². The summed E-state index contributed by atoms with van der Waals surface area (Å²) in [6.45, 7) is 1.17. The zero-order valence-corrected chi connectivity index (χ0v) is 16.3. The van der Waals surface area contributed by atoms with Crippen LogP contribution in [0.4, 0.5) is 10.8 Å². The van der Waals surface area contributed by atoms with Crippen LogP contribution in [0.2, 0.25) is 0 Å². The van der Waals surface area contributed by atoms with E-state index in [1.807, 2.05) is 18.2 Å². The van der Waals surface area contributed by atoms with E-state index in [-0.39, 0.29) is 11.8 Å². The van der Waals surface area contributed by atoms with Crippen molar-refractivity contribution in [2.24, 2.45) is 5.92 Å². The third-order valence-corrected chi connectivity index (χ3v) is 5.78. The second-order valence-electron chi connectivity index (χ2n) is 6.46. The number of para-hydroxylation sites is 1. The van der Waals surface area contributed by atoms with Crippen LogP contribution in [0.25, 0.3) is 10.2 Å². The molecule has 1 fully saturated rings. The number of thiazole rings is 1. The molecule has 7 nitrogen and oxygen atoms in total. The largest absolute Gasteiger partial charge is 0.497 e. The number of fused-ring (bicyclic) bond motifs is 1. The second kappa shape index (κ2) is 7.47. The molecule has 1 aliphatic heterocycles. The SMILES string of the molecule is COC(=O)c1ccccc1NC(=O)C1CN(c2nc3ccc(OC)cc3s2)C1. The van der Waals surface area contributed by atoms with Crippen molar-refractivity contribution in [3.05, 3.63) is 48.0 Å². The van der Waals surface area contributed by atoms with Crippen molar-refractivity contribution in [1.29, 1.82) is 0 Å². The van der Waals surface area contributed by atoms with Gasteiger partial charge in [0.25, 0.3) is 0 Å². The fourth-order valence-corrected chi connectivity index (χ4v) is 4.08. The Morgan fingerprint density at radius 1 is 1.18 bits per heavy atom. The van der Waals surface area contributed by atoms with Gasteiger partial charge in [-0.15, -0.1) is 0 Å². The molecule has 28 heavy (non-hydrogen) atoms. The van der Waals surface area contributed by atoms with Crippen molar-refractivity contribution in [1.82, 2.24) is 4.98 Å². The predicted molar refractivity (Wildman–Crippen MR) is 108 cm³/mol. The third-order valence-electron chi connectivity index (χ3n) is 4.70. The highest BCUT2D eigenvalue weighted by Crippen LogP contribution is 2.35. The predicted octanol–water partition coefficient (Wildman–Crippen LogP) is 3.17. The Morgan fingerprint density at radius 3 is 2.71 bits per heavy atom. The molecule has 1 saturated heterocycles. The van der Waals surface area contributed by atoms with Crippen LogP contribution in [0, 0.1) is 5.92 Å². The number of amides is 1. The molecule has 0 bridgehead atoms. The maximum Gasteiger partial charge on any atom is 0.339 e. The number of methoxy groups -OCH3 is 2. The van der Waals surface area contributed by atoms with Crippen LogP contribution in [-0.2, 0) is 9.53 Å². The van der Waals surface area contributed by atoms with Gasteiger partial charge in [-0.2, -0.15) is 0 Å². The molecule has 1 aromatic heterocycles. The van der Waals surface area contributed by atoms with Crippen LogP contribution in [0.1, 0.15) is 10.4 Å². The van der Waals surface area contributed by atoms with Gasteiger partial charge in [-0.25, -0.2) is 9.78 Å². The van der Waals surface area contributed by atoms with Crippen molar-refractivity contribution >= 4 is 44.2 Å². The van der Waals surface area contributed by atoms with Gasteiger partial charge in [0, 0.05) is 13.1 Å². The van der Waals surface area contributed by atoms with E-state index < -0.39 is 5.97 Å². The van der Waals surface area contributed by atoms with Crippen molar-refractivity contribution in [2.75, 3.05) is 37.5 Å². The van der Waals surface area contributed by atoms with E-state index in [2.05, 4.69) is 15.2 Å². The van der Waals surface area contributed by atoms with E-state index in [1.165, 1.54) is 7.11 Å². The van der Waals surface area contributed by atoms with Crippen LogP contribution >= 0.6 is 11.3 Å². The quantitative estimate of drug-likeness (QED) is 0.666. The monoisotopic (exact) mass is 397 g/mol. The number of esters is 1. The van der Waals surface area contributed by atoms with Crippen LogP contribution in [-0.4, -0.2) is 44.2 Å². The van der Waals surface area contributed by atoms with Gasteiger partial charge in [-0.1, -0.05) is 23.5 Å². The van der Waals surface area contributed by atoms with Gasteiger partial charge in [-0.3, -0.25) is 4.79 Å². The Morgan fingerprint density at radius 2 is 1.96 bits per heavy atom. The summed E-state index contributed by atoms with van der Waals surface area (Å²) in [6.07, 6.45) is 0. The molecule has 8 heteroatoms. The molecule has 1 N–H and O–H groups in total. The number of carbonyl (C=O) groups is 2. The Bertz CT molecular complexity index is 1040. The molecule has 4 rings (SSSR count). The lowest BCUT2D eigenvalue weighted by Gasteiger charge is -2.38. The van der Waals surface area contributed by atoms with Gasteiger partial charge in [0.15, 0.2) is 5.13 Å². The molecule has 2 heterocycles. The molecular weight excluding hydrogens is 378 g/mol. The minimum absolute atomic E-state index is 0.115. The summed E-state index contributed by atoms with van der Waals surface area (Å²) < 4.78 is 11.1. The summed E-state index contributed by atoms with van der Waals surface area (Å²) >= 11 is 1.58. The molecule has 0 unspecified atom stereocenters. The molecule has 144 valence electrons. The molecule has 1 amide bonds. The van der Waals surface area contributed by atoms with Crippen LogP contribution in [0.5, 0.6) is 5.75 Å². The van der Waals surface area contributed by atoms with E-state index in [1.54, 1.807) is 42.7 Å². The van der Waals surface area contributed by atoms with Gasteiger partial charge in [-0.05, 0) is 30.3 Å². The first-order chi connectivity index (χ1) is 13.6. The molecule has 3 aromatic rings. The highest BCUT2D eigenvalue weighted by molar-refractivity contribution is 7.22. The summed E-state index contributed by atoms with van der Waals surface area (Å²) in [5.74, 6) is 0.0477. The lowest BCUT2D eigenvalue weighted by atomic mass is 9.99. The number of hydrogen-bond donors (Lipinski definition) is 1. The number of nitrogens with one attached hydrogen (secondary N) is 1. The molecule has 0 atom stereocenters. The van der Waals surface area contributed by atoms with E-state index in [0.29, 0.717) is 24.3 Å². The first kappa shape index (κ1) is 18.2. The van der Waals surface area contributed by atoms with E-state index in [4.69, 9.17) is 9.47 Å². The normalized spacial score (nSPS) is 13.9. The summed E-state index contributed by atoms with van der Waals surface area (Å²) in [4.78, 5) is 31.1. The maximum atomic E-state index is 12.6. The molecule has 0 spiro atoms. The fourth-order valence-electron chi connectivity index (χ4n) is 3.07. The number of ether oxygens (including phenoxy) is 2. The second-order valence-corrected chi connectivity index (χ2v) is 7.47. The summed E-state index contributed by atoms with van der Waals surface area (Å²) in [6, 6.07) is 12.6. The topological polar surface area (TPSA) is 80.8 Å². The maximum absolute atomic E-state index is 12.6. The van der Waals surface area contributed by atoms with E-state index >= 15 is 0 Å². The van der Waals surface area contributed by atoms with Crippen LogP contribution < -0.4 is 15.0 Å². The zero-order valence-electron chi connectivity index (χ0n) is 15.5. The van der Waals surface area contributed by atoms with Crippen molar-refractivity contribution in [3.63, 3.8) is 0 Å². The average Bonchev–Trinajstić information content (AvgIpc) is 3.09. The summed E-state index contributed by atoms with van der Waals surface area (Å²) in [5.41, 5.74) is 1.72. The Labute approximate surface area is 165 Å². The molecular formula is C20H19N3O4S. The number of benzene rings is 2. The van der Waals surface area contributed by atoms with Crippen molar-refractivity contribution in [2.45, 2.75) is 0 Å². The fraction of sp³-hybridized carbons (Fsp3) is 0.250. The number of hydrogen-bond acceptors (Lipinski definition) is 7. The average molecular weight is 397 g/mol. The van der Waals surface area contributed by atoms with Crippen molar-refractivity contribution < 1.29 is 19.1 Å². The molecule has 2 aromatic carbocycles. The minimum atomic E-state index is -0.476. The zero-order chi connectivity index (χ0) is 19.7. The van der Waals surface area contributed by atoms with Gasteiger partial charge >= 0.3 is 5.97 Å². The number of anilines is 2. The molecule has 0 aliphatic carbocycles. The highest BCUT2D eigenvalue weighted by atomic mass is 32.1. The third kappa shape index (κ3) is 3.38.